The van der Waals surface area contributed by atoms with E-state index in [1.54, 1.807) is 19.9 Å². The standard InChI is InChI=1S/C17H19F3N4O5S/c1-9-11(5-7-21-14(9)28-4)15(25)24-8-6-12-13(10(24)2)22-23(3)16(12)29-30(26,27)17(18,19)20/h5,7,10H,6,8H2,1-4H3/t10-/m0/s1. The average Bonchev–Trinajstić information content (AvgIpc) is 2.97. The van der Waals surface area contributed by atoms with Gasteiger partial charge in [-0.1, -0.05) is 0 Å². The number of methoxy groups -OCH3 is 1. The van der Waals surface area contributed by atoms with Gasteiger partial charge in [0.25, 0.3) is 5.91 Å². The SMILES string of the molecule is COc1nccc(C(=O)N2CCc3c(nn(C)c3OS(=O)(=O)C(F)(F)F)[C@@H]2C)c1C. The first-order valence-corrected chi connectivity index (χ1v) is 10.2. The van der Waals surface area contributed by atoms with E-state index in [0.29, 0.717) is 17.0 Å². The van der Waals surface area contributed by atoms with E-state index in [-0.39, 0.29) is 30.1 Å². The Balaban J connectivity index is 1.94. The summed E-state index contributed by atoms with van der Waals surface area (Å²) in [7, 11) is -3.13. The molecule has 0 saturated carbocycles. The summed E-state index contributed by atoms with van der Waals surface area (Å²) in [5.74, 6) is -0.539. The van der Waals surface area contributed by atoms with Crippen molar-refractivity contribution in [3.05, 3.63) is 34.6 Å². The van der Waals surface area contributed by atoms with Crippen LogP contribution in [0.25, 0.3) is 0 Å². The number of carbonyl (C=O) groups is 1. The lowest BCUT2D eigenvalue weighted by molar-refractivity contribution is -0.0502. The minimum Gasteiger partial charge on any atom is -0.481 e. The molecule has 0 radical (unpaired) electrons. The van der Waals surface area contributed by atoms with E-state index in [9.17, 15) is 26.4 Å². The van der Waals surface area contributed by atoms with E-state index < -0.39 is 27.5 Å². The summed E-state index contributed by atoms with van der Waals surface area (Å²) in [6.07, 6.45) is 1.51. The molecule has 2 aromatic heterocycles. The number of aryl methyl sites for hydroxylation is 1. The van der Waals surface area contributed by atoms with E-state index in [4.69, 9.17) is 4.74 Å². The molecular weight excluding hydrogens is 429 g/mol. The summed E-state index contributed by atoms with van der Waals surface area (Å²) in [4.78, 5) is 18.6. The highest BCUT2D eigenvalue weighted by Gasteiger charge is 2.50. The van der Waals surface area contributed by atoms with E-state index >= 15 is 0 Å². The number of pyridine rings is 1. The largest absolute Gasteiger partial charge is 0.534 e. The van der Waals surface area contributed by atoms with Crippen LogP contribution in [0.3, 0.4) is 0 Å². The van der Waals surface area contributed by atoms with Crippen molar-refractivity contribution in [2.45, 2.75) is 31.8 Å². The maximum Gasteiger partial charge on any atom is 0.534 e. The van der Waals surface area contributed by atoms with Crippen LogP contribution in [-0.4, -0.2) is 53.2 Å². The van der Waals surface area contributed by atoms with Gasteiger partial charge in [-0.2, -0.15) is 26.7 Å². The molecule has 30 heavy (non-hydrogen) atoms. The number of hydrogen-bond donors (Lipinski definition) is 0. The second-order valence-electron chi connectivity index (χ2n) is 6.69. The van der Waals surface area contributed by atoms with Crippen molar-refractivity contribution in [2.75, 3.05) is 13.7 Å². The number of amides is 1. The first kappa shape index (κ1) is 21.9. The highest BCUT2D eigenvalue weighted by molar-refractivity contribution is 7.87. The summed E-state index contributed by atoms with van der Waals surface area (Å²) >= 11 is 0. The van der Waals surface area contributed by atoms with E-state index in [0.717, 1.165) is 4.68 Å². The van der Waals surface area contributed by atoms with Crippen LogP contribution in [0.5, 0.6) is 11.8 Å². The first-order chi connectivity index (χ1) is 13.9. The minimum atomic E-state index is -5.84. The Labute approximate surface area is 170 Å². The maximum absolute atomic E-state index is 13.1. The molecule has 0 aliphatic carbocycles. The highest BCUT2D eigenvalue weighted by Crippen LogP contribution is 2.37. The van der Waals surface area contributed by atoms with Gasteiger partial charge in [0.2, 0.25) is 11.8 Å². The summed E-state index contributed by atoms with van der Waals surface area (Å²) < 4.78 is 71.4. The van der Waals surface area contributed by atoms with E-state index in [1.807, 2.05) is 0 Å². The highest BCUT2D eigenvalue weighted by atomic mass is 32.2. The average molecular weight is 448 g/mol. The fourth-order valence-electron chi connectivity index (χ4n) is 3.36. The van der Waals surface area contributed by atoms with Gasteiger partial charge in [-0.15, -0.1) is 0 Å². The normalized spacial score (nSPS) is 16.9. The zero-order valence-electron chi connectivity index (χ0n) is 16.5. The van der Waals surface area contributed by atoms with Crippen LogP contribution in [0.4, 0.5) is 13.2 Å². The van der Waals surface area contributed by atoms with Gasteiger partial charge in [0, 0.05) is 36.5 Å². The molecule has 0 N–H and O–H groups in total. The van der Waals surface area contributed by atoms with Crippen LogP contribution in [-0.2, 0) is 23.6 Å². The molecule has 3 rings (SSSR count). The van der Waals surface area contributed by atoms with Crippen molar-refractivity contribution >= 4 is 16.0 Å². The Kier molecular flexibility index (Phi) is 5.43. The Morgan fingerprint density at radius 2 is 2.00 bits per heavy atom. The lowest BCUT2D eigenvalue weighted by Crippen LogP contribution is -2.39. The predicted molar refractivity (Wildman–Crippen MR) is 97.5 cm³/mol. The molecule has 1 atom stereocenters. The number of rotatable bonds is 4. The van der Waals surface area contributed by atoms with Crippen molar-refractivity contribution in [1.82, 2.24) is 19.7 Å². The van der Waals surface area contributed by atoms with E-state index in [2.05, 4.69) is 14.3 Å². The fourth-order valence-corrected chi connectivity index (χ4v) is 3.87. The molecule has 1 aliphatic rings. The molecule has 0 saturated heterocycles. The number of halogens is 3. The van der Waals surface area contributed by atoms with Crippen LogP contribution in [0.2, 0.25) is 0 Å². The fraction of sp³-hybridized carbons (Fsp3) is 0.471. The minimum absolute atomic E-state index is 0.0726. The number of alkyl halides is 3. The van der Waals surface area contributed by atoms with Crippen molar-refractivity contribution in [3.8, 4) is 11.8 Å². The summed E-state index contributed by atoms with van der Waals surface area (Å²) in [6, 6.07) is 0.919. The van der Waals surface area contributed by atoms with Crippen LogP contribution in [0, 0.1) is 6.92 Å². The molecule has 0 aromatic carbocycles. The molecule has 9 nitrogen and oxygen atoms in total. The summed E-state index contributed by atoms with van der Waals surface area (Å²) in [6.45, 7) is 3.47. The van der Waals surface area contributed by atoms with Crippen molar-refractivity contribution in [1.29, 1.82) is 0 Å². The second-order valence-corrected chi connectivity index (χ2v) is 8.23. The molecule has 0 unspecified atom stereocenters. The number of ether oxygens (including phenoxy) is 1. The van der Waals surface area contributed by atoms with Gasteiger partial charge < -0.3 is 13.8 Å². The lowest BCUT2D eigenvalue weighted by atomic mass is 9.99. The quantitative estimate of drug-likeness (QED) is 0.521. The Morgan fingerprint density at radius 3 is 2.60 bits per heavy atom. The molecule has 2 aromatic rings. The van der Waals surface area contributed by atoms with Crippen molar-refractivity contribution in [2.24, 2.45) is 7.05 Å². The molecular formula is C17H19F3N4O5S. The van der Waals surface area contributed by atoms with Crippen LogP contribution in [0.15, 0.2) is 12.3 Å². The first-order valence-electron chi connectivity index (χ1n) is 8.76. The van der Waals surface area contributed by atoms with Gasteiger partial charge >= 0.3 is 15.6 Å². The van der Waals surface area contributed by atoms with Gasteiger partial charge in [0.1, 0.15) is 0 Å². The molecule has 164 valence electrons. The smallest absolute Gasteiger partial charge is 0.481 e. The van der Waals surface area contributed by atoms with Gasteiger partial charge in [-0.3, -0.25) is 4.79 Å². The van der Waals surface area contributed by atoms with E-state index in [1.165, 1.54) is 25.3 Å². The van der Waals surface area contributed by atoms with Crippen LogP contribution in [0.1, 0.15) is 40.1 Å². The van der Waals surface area contributed by atoms with Gasteiger partial charge in [0.05, 0.1) is 18.8 Å². The van der Waals surface area contributed by atoms with Crippen LogP contribution >= 0.6 is 0 Å². The number of carbonyl (C=O) groups excluding carboxylic acids is 1. The van der Waals surface area contributed by atoms with Crippen LogP contribution < -0.4 is 8.92 Å². The predicted octanol–water partition coefficient (Wildman–Crippen LogP) is 2.12. The summed E-state index contributed by atoms with van der Waals surface area (Å²) in [5, 5.41) is 4.11. The molecule has 0 bridgehead atoms. The topological polar surface area (TPSA) is 104 Å². The molecule has 0 spiro atoms. The number of nitrogens with zero attached hydrogens (tertiary/aromatic N) is 4. The molecule has 0 fully saturated rings. The lowest BCUT2D eigenvalue weighted by Gasteiger charge is -2.33. The number of hydrogen-bond acceptors (Lipinski definition) is 7. The number of aromatic nitrogens is 3. The Morgan fingerprint density at radius 1 is 1.33 bits per heavy atom. The third-order valence-electron chi connectivity index (χ3n) is 4.90. The van der Waals surface area contributed by atoms with Gasteiger partial charge in [-0.25, -0.2) is 9.67 Å². The Bertz CT molecular complexity index is 1100. The molecule has 3 heterocycles. The zero-order chi connectivity index (χ0) is 22.4. The molecule has 1 aliphatic heterocycles. The van der Waals surface area contributed by atoms with Gasteiger partial charge in [0.15, 0.2) is 0 Å². The maximum atomic E-state index is 13.1. The van der Waals surface area contributed by atoms with Crippen molar-refractivity contribution < 1.29 is 35.3 Å². The van der Waals surface area contributed by atoms with Gasteiger partial charge in [-0.05, 0) is 26.3 Å². The summed E-state index contributed by atoms with van der Waals surface area (Å²) in [5.41, 5.74) is -4.17. The molecule has 1 amide bonds. The van der Waals surface area contributed by atoms with Crippen molar-refractivity contribution in [3.63, 3.8) is 0 Å². The number of fused-ring (bicyclic) bond motifs is 1. The Hall–Kier alpha value is -2.83. The monoisotopic (exact) mass is 448 g/mol. The third kappa shape index (κ3) is 3.57. The molecule has 13 heteroatoms. The third-order valence-corrected chi connectivity index (χ3v) is 5.84. The second kappa shape index (κ2) is 7.45. The zero-order valence-corrected chi connectivity index (χ0v) is 17.3.